The van der Waals surface area contributed by atoms with E-state index in [1.54, 1.807) is 0 Å². The van der Waals surface area contributed by atoms with Crippen molar-refractivity contribution in [1.82, 2.24) is 3.53 Å². The summed E-state index contributed by atoms with van der Waals surface area (Å²) in [6.45, 7) is 2.29. The van der Waals surface area contributed by atoms with E-state index in [0.717, 1.165) is 6.54 Å². The molecule has 0 saturated heterocycles. The number of carbonyl (C=O) groups excluding carboxylic acids is 1. The maximum Gasteiger partial charge on any atom is 0.247 e. The van der Waals surface area contributed by atoms with Crippen molar-refractivity contribution in [3.63, 3.8) is 0 Å². The highest BCUT2D eigenvalue weighted by Crippen LogP contribution is 1.83. The highest BCUT2D eigenvalue weighted by Gasteiger charge is 1.94. The Labute approximate surface area is 90.4 Å². The molecule has 0 amide bonds. The molecule has 0 fully saturated rings. The molecule has 0 aromatic heterocycles. The molecular weight excluding hydrogens is 296 g/mol. The predicted molar refractivity (Wildman–Crippen MR) is 54.5 cm³/mol. The summed E-state index contributed by atoms with van der Waals surface area (Å²) in [7, 11) is 0. The van der Waals surface area contributed by atoms with Gasteiger partial charge in [-0.15, -0.1) is 0 Å². The highest BCUT2D eigenvalue weighted by molar-refractivity contribution is 14.1. The fraction of sp³-hybridized carbons (Fsp3) is 0.833. The molecule has 0 aliphatic carbocycles. The first-order valence-corrected chi connectivity index (χ1v) is 4.90. The van der Waals surface area contributed by atoms with E-state index in [1.165, 1.54) is 0 Å². The summed E-state index contributed by atoms with van der Waals surface area (Å²) >= 11 is 7.07. The number of hydrogen-bond acceptors (Lipinski definition) is 4. The molecule has 0 saturated carbocycles. The van der Waals surface area contributed by atoms with Crippen LogP contribution in [0.3, 0.4) is 0 Å². The van der Waals surface area contributed by atoms with Crippen molar-refractivity contribution in [3.8, 4) is 0 Å². The molecule has 4 nitrogen and oxygen atoms in total. The van der Waals surface area contributed by atoms with Crippen molar-refractivity contribution in [2.45, 2.75) is 0 Å². The van der Waals surface area contributed by atoms with E-state index < -0.39 is 5.24 Å². The van der Waals surface area contributed by atoms with Crippen LogP contribution in [0.15, 0.2) is 0 Å². The average Bonchev–Trinajstić information content (AvgIpc) is 2.02. The zero-order valence-electron chi connectivity index (χ0n) is 6.52. The minimum Gasteiger partial charge on any atom is -0.378 e. The van der Waals surface area contributed by atoms with Crippen molar-refractivity contribution < 1.29 is 14.3 Å². The Hall–Kier alpha value is 0.570. The Morgan fingerprint density at radius 1 is 1.33 bits per heavy atom. The second-order valence-electron chi connectivity index (χ2n) is 1.90. The van der Waals surface area contributed by atoms with Gasteiger partial charge in [0.2, 0.25) is 5.24 Å². The first kappa shape index (κ1) is 12.6. The summed E-state index contributed by atoms with van der Waals surface area (Å²) in [5.41, 5.74) is 0. The van der Waals surface area contributed by atoms with Crippen LogP contribution in [0.2, 0.25) is 0 Å². The molecule has 0 radical (unpaired) electrons. The summed E-state index contributed by atoms with van der Waals surface area (Å²) in [5, 5.41) is -0.482. The molecule has 0 aliphatic rings. The number of hydrogen-bond donors (Lipinski definition) is 1. The second kappa shape index (κ2) is 9.66. The van der Waals surface area contributed by atoms with Gasteiger partial charge in [0.15, 0.2) is 0 Å². The van der Waals surface area contributed by atoms with Crippen LogP contribution in [0.1, 0.15) is 0 Å². The Morgan fingerprint density at radius 2 is 2.00 bits per heavy atom. The lowest BCUT2D eigenvalue weighted by molar-refractivity contribution is -0.116. The third-order valence-electron chi connectivity index (χ3n) is 0.928. The minimum absolute atomic E-state index is 0.0462. The van der Waals surface area contributed by atoms with Crippen LogP contribution in [0, 0.1) is 0 Å². The van der Waals surface area contributed by atoms with Gasteiger partial charge in [-0.05, 0) is 11.6 Å². The maximum absolute atomic E-state index is 10.2. The monoisotopic (exact) mass is 307 g/mol. The van der Waals surface area contributed by atoms with Gasteiger partial charge in [0.25, 0.3) is 0 Å². The second-order valence-corrected chi connectivity index (χ2v) is 3.09. The number of ether oxygens (including phenoxy) is 2. The summed E-state index contributed by atoms with van der Waals surface area (Å²) in [6, 6.07) is 0. The summed E-state index contributed by atoms with van der Waals surface area (Å²) in [5.74, 6) is 0. The predicted octanol–water partition coefficient (Wildman–Crippen LogP) is 0.725. The van der Waals surface area contributed by atoms with Crippen LogP contribution in [-0.2, 0) is 14.3 Å². The van der Waals surface area contributed by atoms with Crippen LogP contribution < -0.4 is 3.53 Å². The van der Waals surface area contributed by atoms with E-state index in [4.69, 9.17) is 21.1 Å². The van der Waals surface area contributed by atoms with Crippen molar-refractivity contribution in [2.24, 2.45) is 0 Å². The van der Waals surface area contributed by atoms with Gasteiger partial charge in [-0.2, -0.15) is 0 Å². The van der Waals surface area contributed by atoms with Crippen LogP contribution >= 0.6 is 34.5 Å². The molecule has 72 valence electrons. The van der Waals surface area contributed by atoms with Crippen molar-refractivity contribution in [2.75, 3.05) is 33.0 Å². The van der Waals surface area contributed by atoms with E-state index in [2.05, 4.69) is 3.53 Å². The van der Waals surface area contributed by atoms with Gasteiger partial charge < -0.3 is 9.47 Å². The summed E-state index contributed by atoms with van der Waals surface area (Å²) in [6.07, 6.45) is 0. The largest absolute Gasteiger partial charge is 0.378 e. The Bertz CT molecular complexity index is 125. The lowest BCUT2D eigenvalue weighted by Gasteiger charge is -2.02. The van der Waals surface area contributed by atoms with Crippen molar-refractivity contribution >= 4 is 39.7 Å². The van der Waals surface area contributed by atoms with Gasteiger partial charge in [0.05, 0.1) is 19.8 Å². The van der Waals surface area contributed by atoms with E-state index >= 15 is 0 Å². The fourth-order valence-electron chi connectivity index (χ4n) is 0.483. The molecule has 0 aromatic carbocycles. The van der Waals surface area contributed by atoms with Gasteiger partial charge in [-0.1, -0.05) is 0 Å². The van der Waals surface area contributed by atoms with Gasteiger partial charge in [0, 0.05) is 29.4 Å². The Morgan fingerprint density at radius 3 is 2.58 bits per heavy atom. The lowest BCUT2D eigenvalue weighted by atomic mass is 10.7. The standard InChI is InChI=1S/C6H11ClINO3/c7-6(10)5-12-4-3-11-2-1-9-8/h9H,1-5H2. The number of nitrogens with one attached hydrogen (secondary N) is 1. The van der Waals surface area contributed by atoms with E-state index in [1.807, 2.05) is 22.9 Å². The van der Waals surface area contributed by atoms with E-state index in [-0.39, 0.29) is 6.61 Å². The summed E-state index contributed by atoms with van der Waals surface area (Å²) in [4.78, 5) is 10.2. The molecule has 12 heavy (non-hydrogen) atoms. The van der Waals surface area contributed by atoms with Crippen LogP contribution in [0.4, 0.5) is 0 Å². The van der Waals surface area contributed by atoms with Crippen molar-refractivity contribution in [3.05, 3.63) is 0 Å². The quantitative estimate of drug-likeness (QED) is 0.311. The molecule has 0 heterocycles. The van der Waals surface area contributed by atoms with Gasteiger partial charge in [0.1, 0.15) is 6.61 Å². The van der Waals surface area contributed by atoms with Crippen molar-refractivity contribution in [1.29, 1.82) is 0 Å². The smallest absolute Gasteiger partial charge is 0.247 e. The normalized spacial score (nSPS) is 10.2. The molecule has 0 aliphatic heterocycles. The van der Waals surface area contributed by atoms with Crippen LogP contribution in [-0.4, -0.2) is 38.2 Å². The SMILES string of the molecule is O=C(Cl)COCCOCCNI. The number of halogens is 2. The van der Waals surface area contributed by atoms with Crippen LogP contribution in [0.25, 0.3) is 0 Å². The zero-order chi connectivity index (χ0) is 9.23. The molecule has 0 aromatic rings. The summed E-state index contributed by atoms with van der Waals surface area (Å²) < 4.78 is 12.9. The topological polar surface area (TPSA) is 47.6 Å². The molecule has 6 heteroatoms. The minimum atomic E-state index is -0.482. The van der Waals surface area contributed by atoms with E-state index in [9.17, 15) is 4.79 Å². The first-order chi connectivity index (χ1) is 5.77. The molecule has 0 atom stereocenters. The zero-order valence-corrected chi connectivity index (χ0v) is 9.43. The molecule has 1 N–H and O–H groups in total. The lowest BCUT2D eigenvalue weighted by Crippen LogP contribution is -2.13. The Kier molecular flexibility index (Phi) is 10.1. The third-order valence-corrected chi connectivity index (χ3v) is 1.58. The fourth-order valence-corrected chi connectivity index (χ4v) is 0.780. The number of rotatable bonds is 8. The Balaban J connectivity index is 2.86. The van der Waals surface area contributed by atoms with E-state index in [0.29, 0.717) is 19.8 Å². The van der Waals surface area contributed by atoms with Crippen LogP contribution in [0.5, 0.6) is 0 Å². The third kappa shape index (κ3) is 10.6. The molecule has 0 spiro atoms. The average molecular weight is 308 g/mol. The van der Waals surface area contributed by atoms with Gasteiger partial charge in [-0.3, -0.25) is 8.32 Å². The first-order valence-electron chi connectivity index (χ1n) is 3.44. The molecule has 0 bridgehead atoms. The molecule has 0 rings (SSSR count). The molecular formula is C6H11ClINO3. The maximum atomic E-state index is 10.2. The highest BCUT2D eigenvalue weighted by atomic mass is 127. The molecule has 0 unspecified atom stereocenters. The van der Waals surface area contributed by atoms with Gasteiger partial charge in [-0.25, -0.2) is 0 Å². The van der Waals surface area contributed by atoms with Gasteiger partial charge >= 0.3 is 0 Å². The number of carbonyl (C=O) groups is 1.